The van der Waals surface area contributed by atoms with E-state index in [4.69, 9.17) is 14.6 Å². The molecular weight excluding hydrogens is 224 g/mol. The minimum Gasteiger partial charge on any atom is -0.478 e. The molecule has 17 heavy (non-hydrogen) atoms. The van der Waals surface area contributed by atoms with E-state index in [1.165, 1.54) is 6.20 Å². The molecule has 0 radical (unpaired) electrons. The Morgan fingerprint density at radius 2 is 2.18 bits per heavy atom. The number of fused-ring (bicyclic) bond motifs is 1. The Bertz CT molecular complexity index is 572. The van der Waals surface area contributed by atoms with Crippen molar-refractivity contribution in [3.05, 3.63) is 29.5 Å². The Hall–Kier alpha value is -1.92. The number of ether oxygens (including phenoxy) is 2. The third-order valence-electron chi connectivity index (χ3n) is 2.75. The minimum atomic E-state index is -0.976. The molecule has 1 aromatic heterocycles. The van der Waals surface area contributed by atoms with E-state index in [0.717, 1.165) is 5.56 Å². The molecule has 0 bridgehead atoms. The number of benzene rings is 1. The van der Waals surface area contributed by atoms with Gasteiger partial charge in [0.1, 0.15) is 0 Å². The molecule has 6 heteroatoms. The summed E-state index contributed by atoms with van der Waals surface area (Å²) in [6.45, 7) is 1.09. The van der Waals surface area contributed by atoms with Gasteiger partial charge >= 0.3 is 5.97 Å². The van der Waals surface area contributed by atoms with Gasteiger partial charge in [0.25, 0.3) is 0 Å². The van der Waals surface area contributed by atoms with E-state index in [1.54, 1.807) is 12.1 Å². The highest BCUT2D eigenvalue weighted by atomic mass is 16.7. The SMILES string of the molecule is O=C(O)c1ccc(C2OCCO2)c2[nH]ncc12. The Labute approximate surface area is 96.1 Å². The van der Waals surface area contributed by atoms with E-state index in [-0.39, 0.29) is 5.56 Å². The summed E-state index contributed by atoms with van der Waals surface area (Å²) in [4.78, 5) is 11.0. The van der Waals surface area contributed by atoms with Gasteiger partial charge in [-0.1, -0.05) is 6.07 Å². The van der Waals surface area contributed by atoms with Crippen molar-refractivity contribution in [2.24, 2.45) is 0 Å². The van der Waals surface area contributed by atoms with Gasteiger partial charge in [-0.25, -0.2) is 4.79 Å². The molecule has 0 aliphatic carbocycles. The summed E-state index contributed by atoms with van der Waals surface area (Å²) in [6.07, 6.45) is 1.05. The van der Waals surface area contributed by atoms with E-state index >= 15 is 0 Å². The van der Waals surface area contributed by atoms with Crippen LogP contribution in [0, 0.1) is 0 Å². The maximum atomic E-state index is 11.0. The number of aromatic amines is 1. The Morgan fingerprint density at radius 3 is 2.88 bits per heavy atom. The lowest BCUT2D eigenvalue weighted by Crippen LogP contribution is -2.02. The fourth-order valence-electron chi connectivity index (χ4n) is 1.98. The molecule has 2 N–H and O–H groups in total. The maximum Gasteiger partial charge on any atom is 0.336 e. The summed E-state index contributed by atoms with van der Waals surface area (Å²) in [5.74, 6) is -0.976. The maximum absolute atomic E-state index is 11.0. The summed E-state index contributed by atoms with van der Waals surface area (Å²) in [7, 11) is 0. The van der Waals surface area contributed by atoms with Gasteiger partial charge in [0.2, 0.25) is 0 Å². The van der Waals surface area contributed by atoms with Crippen LogP contribution in [-0.2, 0) is 9.47 Å². The first-order chi connectivity index (χ1) is 8.27. The first-order valence-corrected chi connectivity index (χ1v) is 5.20. The quantitative estimate of drug-likeness (QED) is 0.818. The van der Waals surface area contributed by atoms with Gasteiger partial charge in [0, 0.05) is 10.9 Å². The first kappa shape index (κ1) is 10.2. The smallest absolute Gasteiger partial charge is 0.336 e. The number of carboxylic acids is 1. The molecule has 0 unspecified atom stereocenters. The second-order valence-electron chi connectivity index (χ2n) is 3.74. The van der Waals surface area contributed by atoms with Crippen LogP contribution in [-0.4, -0.2) is 34.5 Å². The second kappa shape index (κ2) is 3.83. The fourth-order valence-corrected chi connectivity index (χ4v) is 1.98. The zero-order valence-electron chi connectivity index (χ0n) is 8.84. The van der Waals surface area contributed by atoms with Crippen LogP contribution in [0.4, 0.5) is 0 Å². The highest BCUT2D eigenvalue weighted by Gasteiger charge is 2.23. The minimum absolute atomic E-state index is 0.218. The molecule has 1 aromatic carbocycles. The van der Waals surface area contributed by atoms with Crippen molar-refractivity contribution in [2.75, 3.05) is 13.2 Å². The van der Waals surface area contributed by atoms with Crippen LogP contribution in [0.1, 0.15) is 22.2 Å². The topological polar surface area (TPSA) is 84.4 Å². The van der Waals surface area contributed by atoms with E-state index in [9.17, 15) is 4.79 Å². The number of carbonyl (C=O) groups is 1. The molecule has 0 saturated carbocycles. The van der Waals surface area contributed by atoms with Crippen molar-refractivity contribution in [3.8, 4) is 0 Å². The molecule has 88 valence electrons. The molecule has 6 nitrogen and oxygen atoms in total. The highest BCUT2D eigenvalue weighted by Crippen LogP contribution is 2.30. The molecule has 2 heterocycles. The summed E-state index contributed by atoms with van der Waals surface area (Å²) >= 11 is 0. The van der Waals surface area contributed by atoms with Crippen molar-refractivity contribution in [2.45, 2.75) is 6.29 Å². The fraction of sp³-hybridized carbons (Fsp3) is 0.273. The third-order valence-corrected chi connectivity index (χ3v) is 2.75. The molecule has 1 aliphatic rings. The van der Waals surface area contributed by atoms with E-state index in [2.05, 4.69) is 10.2 Å². The largest absolute Gasteiger partial charge is 0.478 e. The normalized spacial score (nSPS) is 16.7. The van der Waals surface area contributed by atoms with Gasteiger partial charge in [-0.3, -0.25) is 5.10 Å². The number of rotatable bonds is 2. The van der Waals surface area contributed by atoms with Crippen LogP contribution >= 0.6 is 0 Å². The van der Waals surface area contributed by atoms with Crippen molar-refractivity contribution in [1.29, 1.82) is 0 Å². The van der Waals surface area contributed by atoms with Crippen LogP contribution in [0.25, 0.3) is 10.9 Å². The van der Waals surface area contributed by atoms with E-state index < -0.39 is 12.3 Å². The first-order valence-electron chi connectivity index (χ1n) is 5.20. The average Bonchev–Trinajstić information content (AvgIpc) is 2.98. The monoisotopic (exact) mass is 234 g/mol. The number of aromatic nitrogens is 2. The van der Waals surface area contributed by atoms with Crippen molar-refractivity contribution in [1.82, 2.24) is 10.2 Å². The van der Waals surface area contributed by atoms with Crippen LogP contribution < -0.4 is 0 Å². The zero-order chi connectivity index (χ0) is 11.8. The standard InChI is InChI=1S/C11H10N2O4/c14-10(15)6-1-2-7(11-16-3-4-17-11)9-8(6)5-12-13-9/h1-2,5,11H,3-4H2,(H,12,13)(H,14,15). The van der Waals surface area contributed by atoms with Gasteiger partial charge in [-0.2, -0.15) is 5.10 Å². The van der Waals surface area contributed by atoms with Crippen molar-refractivity contribution >= 4 is 16.9 Å². The Morgan fingerprint density at radius 1 is 1.41 bits per heavy atom. The number of hydrogen-bond acceptors (Lipinski definition) is 4. The molecule has 1 aliphatic heterocycles. The number of carboxylic acid groups (broad SMARTS) is 1. The molecule has 1 fully saturated rings. The molecule has 2 aromatic rings. The predicted molar refractivity (Wildman–Crippen MR) is 57.7 cm³/mol. The lowest BCUT2D eigenvalue weighted by Gasteiger charge is -2.10. The number of hydrogen-bond donors (Lipinski definition) is 2. The van der Waals surface area contributed by atoms with Crippen LogP contribution in [0.5, 0.6) is 0 Å². The van der Waals surface area contributed by atoms with Gasteiger partial charge < -0.3 is 14.6 Å². The van der Waals surface area contributed by atoms with Gasteiger partial charge in [-0.15, -0.1) is 0 Å². The molecule has 0 amide bonds. The van der Waals surface area contributed by atoms with Gasteiger partial charge in [-0.05, 0) is 6.07 Å². The molecular formula is C11H10N2O4. The highest BCUT2D eigenvalue weighted by molar-refractivity contribution is 6.03. The molecule has 0 spiro atoms. The van der Waals surface area contributed by atoms with Crippen LogP contribution in [0.2, 0.25) is 0 Å². The van der Waals surface area contributed by atoms with Crippen molar-refractivity contribution < 1.29 is 19.4 Å². The lowest BCUT2D eigenvalue weighted by molar-refractivity contribution is -0.0431. The summed E-state index contributed by atoms with van der Waals surface area (Å²) in [5.41, 5.74) is 1.65. The second-order valence-corrected chi connectivity index (χ2v) is 3.74. The summed E-state index contributed by atoms with van der Waals surface area (Å²) in [5, 5.41) is 16.3. The molecule has 3 rings (SSSR count). The number of aromatic carboxylic acids is 1. The number of nitrogens with one attached hydrogen (secondary N) is 1. The van der Waals surface area contributed by atoms with E-state index in [0.29, 0.717) is 24.1 Å². The number of H-pyrrole nitrogens is 1. The average molecular weight is 234 g/mol. The number of nitrogens with zero attached hydrogens (tertiary/aromatic N) is 1. The molecule has 0 atom stereocenters. The lowest BCUT2D eigenvalue weighted by atomic mass is 10.1. The van der Waals surface area contributed by atoms with Gasteiger partial charge in [0.05, 0.1) is 30.5 Å². The van der Waals surface area contributed by atoms with E-state index in [1.807, 2.05) is 0 Å². The summed E-state index contributed by atoms with van der Waals surface area (Å²) < 4.78 is 10.8. The van der Waals surface area contributed by atoms with Gasteiger partial charge in [0.15, 0.2) is 6.29 Å². The van der Waals surface area contributed by atoms with Crippen LogP contribution in [0.15, 0.2) is 18.3 Å². The zero-order valence-corrected chi connectivity index (χ0v) is 8.84. The third kappa shape index (κ3) is 1.58. The Balaban J connectivity index is 2.17. The Kier molecular flexibility index (Phi) is 2.31. The van der Waals surface area contributed by atoms with Crippen LogP contribution in [0.3, 0.4) is 0 Å². The summed E-state index contributed by atoms with van der Waals surface area (Å²) in [6, 6.07) is 3.24. The van der Waals surface area contributed by atoms with Crippen molar-refractivity contribution in [3.63, 3.8) is 0 Å². The predicted octanol–water partition coefficient (Wildman–Crippen LogP) is 1.31. The molecule has 1 saturated heterocycles.